The lowest BCUT2D eigenvalue weighted by Gasteiger charge is -2.42. The summed E-state index contributed by atoms with van der Waals surface area (Å²) in [6, 6.07) is 0. The van der Waals surface area contributed by atoms with Crippen LogP contribution in [0.2, 0.25) is 0 Å². The molecule has 0 nitrogen and oxygen atoms in total. The molecule has 0 aromatic carbocycles. The molecule has 0 heterocycles. The third kappa shape index (κ3) is 50.1. The molecule has 16 fully saturated rings. The van der Waals surface area contributed by atoms with Crippen LogP contribution in [-0.4, -0.2) is 37.1 Å². The smallest absolute Gasteiger partial charge is 0.171 e. The maximum atomic E-state index is 12.6. The van der Waals surface area contributed by atoms with Gasteiger partial charge in [-0.05, 0) is 296 Å². The topological polar surface area (TPSA) is 0 Å². The van der Waals surface area contributed by atoms with Gasteiger partial charge in [0.05, 0.1) is 11.8 Å². The first-order chi connectivity index (χ1) is 63.0. The predicted molar refractivity (Wildman–Crippen MR) is 536 cm³/mol. The van der Waals surface area contributed by atoms with E-state index in [0.717, 1.165) is 127 Å². The van der Waals surface area contributed by atoms with Crippen molar-refractivity contribution in [3.05, 3.63) is 0 Å². The summed E-state index contributed by atoms with van der Waals surface area (Å²) >= 11 is 0. The largest absolute Gasteiger partial charge is 0.403 e. The highest BCUT2D eigenvalue weighted by atomic mass is 19.4. The average molecular weight is 1960 g/mol. The summed E-state index contributed by atoms with van der Waals surface area (Å²) in [5, 5.41) is 0. The van der Waals surface area contributed by atoms with E-state index in [4.69, 9.17) is 0 Å². The highest BCUT2D eigenvalue weighted by molar-refractivity contribution is 4.98. The average Bonchev–Trinajstić information content (AvgIpc) is 1.19. The normalized spacial score (nSPS) is 31.2. The Bertz CT molecular complexity index is 2770. The van der Waals surface area contributed by atoms with E-state index in [1.165, 1.54) is 250 Å². The van der Waals surface area contributed by atoms with Gasteiger partial charge >= 0.3 is 37.1 Å². The number of rotatable bonds is 7. The van der Waals surface area contributed by atoms with E-state index in [9.17, 15) is 79.0 Å². The first-order valence-corrected chi connectivity index (χ1v) is 57.4. The lowest BCUT2D eigenvalue weighted by atomic mass is 9.69. The summed E-state index contributed by atoms with van der Waals surface area (Å²) < 4.78 is 223. The molecule has 0 N–H and O–H groups in total. The maximum Gasteiger partial charge on any atom is 0.403 e. The summed E-state index contributed by atoms with van der Waals surface area (Å²) in [5.41, 5.74) is -5.61. The second kappa shape index (κ2) is 64.0. The third-order valence-corrected chi connectivity index (χ3v) is 37.3. The van der Waals surface area contributed by atoms with Gasteiger partial charge in [0.1, 0.15) is 0 Å². The molecule has 135 heavy (non-hydrogen) atoms. The number of hydrogen-bond acceptors (Lipinski definition) is 0. The van der Waals surface area contributed by atoms with Crippen molar-refractivity contribution in [2.75, 3.05) is 0 Å². The van der Waals surface area contributed by atoms with Crippen LogP contribution in [0.4, 0.5) is 79.0 Å². The van der Waals surface area contributed by atoms with Crippen molar-refractivity contribution in [3.63, 3.8) is 0 Å². The summed E-state index contributed by atoms with van der Waals surface area (Å²) in [6.07, 6.45) is 44.1. The zero-order valence-corrected chi connectivity index (χ0v) is 90.5. The Kier molecular flexibility index (Phi) is 60.6. The van der Waals surface area contributed by atoms with Crippen molar-refractivity contribution >= 4 is 0 Å². The van der Waals surface area contributed by atoms with E-state index >= 15 is 0 Å². The van der Waals surface area contributed by atoms with E-state index in [1.807, 2.05) is 6.92 Å². The highest BCUT2D eigenvalue weighted by Crippen LogP contribution is 2.61. The molecule has 18 heteroatoms. The molecule has 16 aliphatic carbocycles. The van der Waals surface area contributed by atoms with Crippen LogP contribution in [0.1, 0.15) is 556 Å². The van der Waals surface area contributed by atoms with E-state index < -0.39 is 85.4 Å². The second-order valence-corrected chi connectivity index (χ2v) is 49.7. The van der Waals surface area contributed by atoms with Gasteiger partial charge in [-0.2, -0.15) is 79.0 Å². The second-order valence-electron chi connectivity index (χ2n) is 49.7. The van der Waals surface area contributed by atoms with Gasteiger partial charge in [0.15, 0.2) is 10.8 Å². The lowest BCUT2D eigenvalue weighted by molar-refractivity contribution is -0.352. The van der Waals surface area contributed by atoms with Gasteiger partial charge in [0.25, 0.3) is 0 Å². The molecule has 0 aliphatic heterocycles. The molecule has 0 saturated heterocycles. The standard InChI is InChI=1S/C10H14F6.C10H20.C9H12F6.C9H15F3.C9H16.2C9H18.C8H13F3.C8H14.2C8H16.2C7H14.C6H12/c1-2-7-3-5-8(6-4-7,9(11,12)13)10(14,15)16;1-4-9-5-7-10(2,3)8-6-9;1-6-2-4-7(5-3-6,8(10,11)12)9(13,14)15;1-2-7-3-5-8(6-4-7)9(10,11)12;1-2-8-5-7-3-4-9(8)6-7;1-8-4-6-9(2,3)7-5-8;1-3-9-6-4-8(2)5-7-9;1-6-2-4-7(5-3-6)8(9,10)11;1-6-4-7-2-3-8(6)5-7;1-7-3-5-8(2)6-4-7;1-2-8-6-4-3-5-7-8;1-7-5-3-2-4-6-7;1-2-7-5-3-4-6-7;1-6-4-2-3-5-6/h7H,2-6H2,1H3;9H,4-8H2,1-3H3;6H,2-5H2,1H3;7-8H,2-6H2,1H3;7-9H,2-6H2,1H3;8H,4-7H2,1-3H3;8-9H,3-7H2,1-2H3;6-7H,2-5H2,1H3;6-8H,2-5H2,1H3;7-8H,3-6H2,1-2H3;8H,2-7H2,1H3;2*7H,2-6H2,1H3;6H,2-5H2,1H3/t;;;;;;;;6-,7?,8?;;;;;/m........1...../s1. The molecule has 5 unspecified atom stereocenters. The fraction of sp³-hybridized carbons (Fsp3) is 1.00. The first-order valence-electron chi connectivity index (χ1n) is 57.4. The minimum Gasteiger partial charge on any atom is -0.171 e. The molecular formula is C117H212F18. The summed E-state index contributed by atoms with van der Waals surface area (Å²) in [4.78, 5) is 0. The molecule has 4 bridgehead atoms. The molecule has 0 aromatic rings. The van der Waals surface area contributed by atoms with Gasteiger partial charge < -0.3 is 0 Å². The van der Waals surface area contributed by atoms with Crippen molar-refractivity contribution in [2.45, 2.75) is 593 Å². The Hall–Kier alpha value is -1.26. The molecule has 16 rings (SSSR count). The molecule has 806 valence electrons. The quantitative estimate of drug-likeness (QED) is 0.223. The minimum atomic E-state index is -5.19. The van der Waals surface area contributed by atoms with E-state index in [2.05, 4.69) is 118 Å². The van der Waals surface area contributed by atoms with Gasteiger partial charge in [0.2, 0.25) is 0 Å². The van der Waals surface area contributed by atoms with E-state index in [-0.39, 0.29) is 37.5 Å². The van der Waals surface area contributed by atoms with Gasteiger partial charge in [-0.3, -0.25) is 0 Å². The SMILES string of the molecule is CC1CCC(C(F)(F)F)(C(F)(F)F)CC1.CC1CCC(C(F)(F)F)CC1.CC1CCC(C)(C)CC1.CC1CCC(C)CC1.CC1CCCC1.CC1CCCCC1.CCC1CC2CCC1C2.CCC1CCC(C(F)(F)F)(C(F)(F)F)CC1.CCC1CCC(C(F)(F)F)CC1.CCC1CCC(C)(C)CC1.CCC1CCC(C)CC1.CCC1CCCC1.CCC1CCCCC1.C[C@@H]1CC2CCC1C2. The van der Waals surface area contributed by atoms with Crippen LogP contribution < -0.4 is 0 Å². The lowest BCUT2D eigenvalue weighted by Crippen LogP contribution is -2.51. The van der Waals surface area contributed by atoms with E-state index in [0.29, 0.717) is 54.8 Å². The Morgan fingerprint density at radius 2 is 0.422 bits per heavy atom. The number of hydrogen-bond donors (Lipinski definition) is 0. The van der Waals surface area contributed by atoms with Gasteiger partial charge in [-0.1, -0.05) is 389 Å². The van der Waals surface area contributed by atoms with Crippen molar-refractivity contribution < 1.29 is 79.0 Å². The van der Waals surface area contributed by atoms with Crippen molar-refractivity contribution in [2.24, 2.45) is 152 Å². The van der Waals surface area contributed by atoms with Crippen LogP contribution in [0.3, 0.4) is 0 Å². The van der Waals surface area contributed by atoms with Crippen molar-refractivity contribution in [1.82, 2.24) is 0 Å². The molecule has 0 aromatic heterocycles. The first kappa shape index (κ1) is 128. The van der Waals surface area contributed by atoms with Crippen LogP contribution in [0.5, 0.6) is 0 Å². The Morgan fingerprint density at radius 3 is 0.644 bits per heavy atom. The molecule has 16 saturated carbocycles. The molecule has 0 spiro atoms. The Morgan fingerprint density at radius 1 is 0.200 bits per heavy atom. The predicted octanol–water partition coefficient (Wildman–Crippen LogP) is 44.7. The van der Waals surface area contributed by atoms with Crippen LogP contribution in [-0.2, 0) is 0 Å². The van der Waals surface area contributed by atoms with Crippen LogP contribution >= 0.6 is 0 Å². The van der Waals surface area contributed by atoms with Crippen molar-refractivity contribution in [1.29, 1.82) is 0 Å². The van der Waals surface area contributed by atoms with Crippen LogP contribution in [0, 0.1) is 152 Å². The number of alkyl halides is 18. The fourth-order valence-electron chi connectivity index (χ4n) is 25.2. The maximum absolute atomic E-state index is 12.6. The van der Waals surface area contributed by atoms with Crippen LogP contribution in [0.25, 0.3) is 0 Å². The van der Waals surface area contributed by atoms with Gasteiger partial charge in [-0.25, -0.2) is 0 Å². The van der Waals surface area contributed by atoms with Crippen molar-refractivity contribution in [3.8, 4) is 0 Å². The Balaban J connectivity index is 0.000000377. The third-order valence-electron chi connectivity index (χ3n) is 37.3. The van der Waals surface area contributed by atoms with Gasteiger partial charge in [-0.15, -0.1) is 0 Å². The fourth-order valence-corrected chi connectivity index (χ4v) is 25.2. The number of fused-ring (bicyclic) bond motifs is 4. The van der Waals surface area contributed by atoms with Crippen LogP contribution in [0.15, 0.2) is 0 Å². The highest BCUT2D eigenvalue weighted by Gasteiger charge is 2.71. The molecule has 0 amide bonds. The molecule has 0 radical (unpaired) electrons. The number of halogens is 18. The van der Waals surface area contributed by atoms with Gasteiger partial charge in [0, 0.05) is 0 Å². The van der Waals surface area contributed by atoms with E-state index in [1.54, 1.807) is 65.2 Å². The minimum absolute atomic E-state index is 0.00201. The monoisotopic (exact) mass is 1960 g/mol. The summed E-state index contributed by atoms with van der Waals surface area (Å²) in [5.74, 6) is 16.2. The molecule has 16 aliphatic rings. The Labute approximate surface area is 819 Å². The zero-order chi connectivity index (χ0) is 102. The summed E-state index contributed by atoms with van der Waals surface area (Å²) in [7, 11) is 0. The molecular weight excluding hydrogens is 1750 g/mol. The zero-order valence-electron chi connectivity index (χ0n) is 90.5. The molecule has 6 atom stereocenters. The summed E-state index contributed by atoms with van der Waals surface area (Å²) in [6.45, 7) is 45.3.